The first kappa shape index (κ1) is 13.0. The lowest BCUT2D eigenvalue weighted by molar-refractivity contribution is -0.114. The molecule has 0 aliphatic heterocycles. The van der Waals surface area contributed by atoms with E-state index in [1.165, 1.54) is 24.3 Å². The molecule has 0 aliphatic rings. The fourth-order valence-corrected chi connectivity index (χ4v) is 1.48. The minimum atomic E-state index is -0.935. The van der Waals surface area contributed by atoms with Gasteiger partial charge < -0.3 is 5.32 Å². The Morgan fingerprint density at radius 1 is 1.00 bits per heavy atom. The maximum absolute atomic E-state index is 13.6. The molecule has 2 aromatic rings. The van der Waals surface area contributed by atoms with Crippen LogP contribution in [0.1, 0.15) is 5.56 Å². The fourth-order valence-electron chi connectivity index (χ4n) is 1.48. The molecule has 2 aromatic carbocycles. The lowest BCUT2D eigenvalue weighted by Gasteiger charge is -2.02. The van der Waals surface area contributed by atoms with E-state index in [2.05, 4.69) is 5.32 Å². The highest BCUT2D eigenvalue weighted by Crippen LogP contribution is 2.12. The number of carbonyl (C=O) groups is 1. The topological polar surface area (TPSA) is 29.1 Å². The molecule has 1 N–H and O–H groups in total. The van der Waals surface area contributed by atoms with Crippen LogP contribution >= 0.6 is 0 Å². The van der Waals surface area contributed by atoms with Crippen LogP contribution in [0.15, 0.2) is 60.4 Å². The van der Waals surface area contributed by atoms with Crippen LogP contribution < -0.4 is 5.32 Å². The molecule has 0 heterocycles. The normalized spacial score (nSPS) is 11.2. The number of rotatable bonds is 3. The first-order chi connectivity index (χ1) is 9.15. The standard InChI is InChI=1S/C15H11F2NO/c16-12-8-6-11(7-9-12)10-14(17)15(19)18-13-4-2-1-3-5-13/h1-10H,(H,18,19)/b14-10-. The van der Waals surface area contributed by atoms with Crippen molar-refractivity contribution in [1.29, 1.82) is 0 Å². The van der Waals surface area contributed by atoms with Crippen LogP contribution in [0, 0.1) is 5.82 Å². The summed E-state index contributed by atoms with van der Waals surface area (Å²) in [4.78, 5) is 11.6. The van der Waals surface area contributed by atoms with Crippen LogP contribution in [0.3, 0.4) is 0 Å². The third-order valence-corrected chi connectivity index (χ3v) is 2.41. The number of benzene rings is 2. The molecule has 0 spiro atoms. The molecule has 0 saturated heterocycles. The highest BCUT2D eigenvalue weighted by Gasteiger charge is 2.08. The number of anilines is 1. The van der Waals surface area contributed by atoms with Gasteiger partial charge in [0.2, 0.25) is 0 Å². The van der Waals surface area contributed by atoms with Crippen LogP contribution in [-0.2, 0) is 4.79 Å². The molecule has 0 fully saturated rings. The predicted octanol–water partition coefficient (Wildman–Crippen LogP) is 3.77. The summed E-state index contributed by atoms with van der Waals surface area (Å²) in [5.41, 5.74) is 0.928. The number of halogens is 2. The maximum Gasteiger partial charge on any atom is 0.284 e. The van der Waals surface area contributed by atoms with Crippen LogP contribution in [0.2, 0.25) is 0 Å². The van der Waals surface area contributed by atoms with Crippen molar-refractivity contribution in [3.8, 4) is 0 Å². The third-order valence-electron chi connectivity index (χ3n) is 2.41. The van der Waals surface area contributed by atoms with E-state index < -0.39 is 17.6 Å². The predicted molar refractivity (Wildman–Crippen MR) is 70.6 cm³/mol. The Kier molecular flexibility index (Phi) is 4.03. The van der Waals surface area contributed by atoms with Gasteiger partial charge in [-0.2, -0.15) is 0 Å². The van der Waals surface area contributed by atoms with Gasteiger partial charge in [0.1, 0.15) is 5.82 Å². The van der Waals surface area contributed by atoms with Crippen LogP contribution in [0.4, 0.5) is 14.5 Å². The van der Waals surface area contributed by atoms with Crippen LogP contribution in [0.25, 0.3) is 6.08 Å². The van der Waals surface area contributed by atoms with E-state index in [1.807, 2.05) is 0 Å². The van der Waals surface area contributed by atoms with Gasteiger partial charge >= 0.3 is 0 Å². The van der Waals surface area contributed by atoms with E-state index in [0.717, 1.165) is 6.08 Å². The highest BCUT2D eigenvalue weighted by atomic mass is 19.1. The largest absolute Gasteiger partial charge is 0.320 e. The minimum absolute atomic E-state index is 0.411. The molecule has 19 heavy (non-hydrogen) atoms. The molecular weight excluding hydrogens is 248 g/mol. The SMILES string of the molecule is O=C(Nc1ccccc1)/C(F)=C/c1ccc(F)cc1. The molecule has 0 aliphatic carbocycles. The van der Waals surface area contributed by atoms with E-state index in [1.54, 1.807) is 30.3 Å². The van der Waals surface area contributed by atoms with Crippen molar-refractivity contribution in [1.82, 2.24) is 0 Å². The first-order valence-electron chi connectivity index (χ1n) is 5.64. The van der Waals surface area contributed by atoms with Gasteiger partial charge in [-0.15, -0.1) is 0 Å². The summed E-state index contributed by atoms with van der Waals surface area (Å²) in [6.07, 6.45) is 1.05. The molecule has 2 nitrogen and oxygen atoms in total. The van der Waals surface area contributed by atoms with Crippen molar-refractivity contribution < 1.29 is 13.6 Å². The molecular formula is C15H11F2NO. The number of carbonyl (C=O) groups excluding carboxylic acids is 1. The van der Waals surface area contributed by atoms with Gasteiger partial charge in [0.15, 0.2) is 5.83 Å². The zero-order valence-electron chi connectivity index (χ0n) is 9.94. The summed E-state index contributed by atoms with van der Waals surface area (Å²) in [5.74, 6) is -2.18. The zero-order chi connectivity index (χ0) is 13.7. The number of para-hydroxylation sites is 1. The van der Waals surface area contributed by atoms with Gasteiger partial charge in [-0.05, 0) is 35.9 Å². The molecule has 0 unspecified atom stereocenters. The maximum atomic E-state index is 13.6. The van der Waals surface area contributed by atoms with Crippen LogP contribution in [-0.4, -0.2) is 5.91 Å². The van der Waals surface area contributed by atoms with Crippen molar-refractivity contribution in [3.63, 3.8) is 0 Å². The highest BCUT2D eigenvalue weighted by molar-refractivity contribution is 6.04. The molecule has 96 valence electrons. The van der Waals surface area contributed by atoms with E-state index in [4.69, 9.17) is 0 Å². The third kappa shape index (κ3) is 3.74. The van der Waals surface area contributed by atoms with E-state index in [9.17, 15) is 13.6 Å². The molecule has 0 aromatic heterocycles. The minimum Gasteiger partial charge on any atom is -0.320 e. The van der Waals surface area contributed by atoms with Gasteiger partial charge in [0.25, 0.3) is 5.91 Å². The van der Waals surface area contributed by atoms with Crippen molar-refractivity contribution >= 4 is 17.7 Å². The quantitative estimate of drug-likeness (QED) is 0.835. The van der Waals surface area contributed by atoms with Gasteiger partial charge in [0, 0.05) is 5.69 Å². The molecule has 2 rings (SSSR count). The van der Waals surface area contributed by atoms with Crippen molar-refractivity contribution in [3.05, 3.63) is 71.8 Å². The summed E-state index contributed by atoms with van der Waals surface area (Å²) in [5, 5.41) is 2.42. The Hall–Kier alpha value is -2.49. The summed E-state index contributed by atoms with van der Waals surface area (Å²) >= 11 is 0. The smallest absolute Gasteiger partial charge is 0.284 e. The average Bonchev–Trinajstić information content (AvgIpc) is 2.42. The van der Waals surface area contributed by atoms with E-state index >= 15 is 0 Å². The second kappa shape index (κ2) is 5.91. The number of hydrogen-bond donors (Lipinski definition) is 1. The summed E-state index contributed by atoms with van der Waals surface area (Å²) in [6.45, 7) is 0. The Morgan fingerprint density at radius 3 is 2.26 bits per heavy atom. The molecule has 0 bridgehead atoms. The Bertz CT molecular complexity index is 591. The summed E-state index contributed by atoms with van der Waals surface area (Å²) in [6, 6.07) is 13.8. The molecule has 4 heteroatoms. The molecule has 0 saturated carbocycles. The number of hydrogen-bond acceptors (Lipinski definition) is 1. The lowest BCUT2D eigenvalue weighted by Crippen LogP contribution is -2.11. The monoisotopic (exact) mass is 259 g/mol. The Morgan fingerprint density at radius 2 is 1.63 bits per heavy atom. The van der Waals surface area contributed by atoms with E-state index in [-0.39, 0.29) is 0 Å². The summed E-state index contributed by atoms with van der Waals surface area (Å²) in [7, 11) is 0. The van der Waals surface area contributed by atoms with Crippen LogP contribution in [0.5, 0.6) is 0 Å². The van der Waals surface area contributed by atoms with Gasteiger partial charge in [0.05, 0.1) is 0 Å². The second-order valence-electron chi connectivity index (χ2n) is 3.86. The Balaban J connectivity index is 2.08. The van der Waals surface area contributed by atoms with E-state index in [0.29, 0.717) is 11.3 Å². The first-order valence-corrected chi connectivity index (χ1v) is 5.64. The number of amides is 1. The Labute approximate surface area is 109 Å². The van der Waals surface area contributed by atoms with Gasteiger partial charge in [-0.3, -0.25) is 4.79 Å². The molecule has 1 amide bonds. The average molecular weight is 259 g/mol. The number of nitrogens with one attached hydrogen (secondary N) is 1. The van der Waals surface area contributed by atoms with Crippen molar-refractivity contribution in [2.24, 2.45) is 0 Å². The summed E-state index contributed by atoms with van der Waals surface area (Å²) < 4.78 is 26.3. The zero-order valence-corrected chi connectivity index (χ0v) is 9.94. The molecule has 0 radical (unpaired) electrons. The fraction of sp³-hybridized carbons (Fsp3) is 0. The second-order valence-corrected chi connectivity index (χ2v) is 3.86. The lowest BCUT2D eigenvalue weighted by atomic mass is 10.2. The van der Waals surface area contributed by atoms with Gasteiger partial charge in [-0.1, -0.05) is 30.3 Å². The van der Waals surface area contributed by atoms with Crippen molar-refractivity contribution in [2.75, 3.05) is 5.32 Å². The van der Waals surface area contributed by atoms with Gasteiger partial charge in [-0.25, -0.2) is 8.78 Å². The van der Waals surface area contributed by atoms with Crippen molar-refractivity contribution in [2.45, 2.75) is 0 Å². The molecule has 0 atom stereocenters.